The van der Waals surface area contributed by atoms with Gasteiger partial charge in [-0.1, -0.05) is 0 Å². The number of hydrogen-bond donors (Lipinski definition) is 2. The van der Waals surface area contributed by atoms with Crippen LogP contribution in [-0.2, 0) is 6.18 Å². The third-order valence-corrected chi connectivity index (χ3v) is 6.72. The summed E-state index contributed by atoms with van der Waals surface area (Å²) in [6, 6.07) is 5.32. The zero-order chi connectivity index (χ0) is 28.3. The molecule has 0 bridgehead atoms. The number of piperidine rings is 1. The Hall–Kier alpha value is -2.93. The molecule has 1 fully saturated rings. The summed E-state index contributed by atoms with van der Waals surface area (Å²) in [5.74, 6) is -0.170. The largest absolute Gasteiger partial charge is 0.506 e. The maximum Gasteiger partial charge on any atom is 0.420 e. The molecule has 0 saturated carbocycles. The van der Waals surface area contributed by atoms with E-state index in [-0.39, 0.29) is 82.6 Å². The van der Waals surface area contributed by atoms with Crippen LogP contribution >= 0.6 is 37.2 Å². The van der Waals surface area contributed by atoms with Gasteiger partial charge in [0.25, 0.3) is 0 Å². The second-order valence-electron chi connectivity index (χ2n) is 11.1. The van der Waals surface area contributed by atoms with Gasteiger partial charge in [0.05, 0.1) is 11.3 Å². The van der Waals surface area contributed by atoms with Crippen molar-refractivity contribution in [3.8, 4) is 34.1 Å². The van der Waals surface area contributed by atoms with Crippen molar-refractivity contribution in [2.75, 3.05) is 0 Å². The number of alkyl halides is 4. The molecule has 0 aromatic carbocycles. The zero-order valence-corrected chi connectivity index (χ0v) is 25.7. The van der Waals surface area contributed by atoms with E-state index in [2.05, 4.69) is 25.5 Å². The molecule has 15 heteroatoms. The van der Waals surface area contributed by atoms with Gasteiger partial charge in [-0.3, -0.25) is 0 Å². The van der Waals surface area contributed by atoms with E-state index in [1.54, 1.807) is 20.8 Å². The van der Waals surface area contributed by atoms with Crippen LogP contribution in [0.5, 0.6) is 11.6 Å². The van der Waals surface area contributed by atoms with Crippen LogP contribution in [0.15, 0.2) is 42.9 Å². The highest BCUT2D eigenvalue weighted by atomic mass is 35.5. The van der Waals surface area contributed by atoms with Gasteiger partial charge >= 0.3 is 6.18 Å². The van der Waals surface area contributed by atoms with Gasteiger partial charge in [-0.2, -0.15) is 13.2 Å². The monoisotopic (exact) mass is 652 g/mol. The molecule has 2 atom stereocenters. The van der Waals surface area contributed by atoms with Gasteiger partial charge in [0.15, 0.2) is 6.17 Å². The molecule has 1 aliphatic heterocycles. The molecule has 2 N–H and O–H groups in total. The standard InChI is InChI=1S/C27H28F4N6O2.3ClH/c1-14-12-37-13-16(8-17(24(37)33-14)27(29,30)31)15-9-19(38)22(32-11-15)18-6-7-21(35-34-18)39-20-10-25(2,3)36-26(4,5)23(20)28;;;/h6-9,11-13,20,23,36,38H,10H2,1-5H3;3*1H/t20-,23-;;;/m0.../s1. The summed E-state index contributed by atoms with van der Waals surface area (Å²) >= 11 is 0. The predicted octanol–water partition coefficient (Wildman–Crippen LogP) is 6.79. The third kappa shape index (κ3) is 6.99. The molecule has 5 heterocycles. The summed E-state index contributed by atoms with van der Waals surface area (Å²) in [5.41, 5.74) is -1.03. The molecule has 4 aromatic rings. The smallest absolute Gasteiger partial charge is 0.420 e. The minimum absolute atomic E-state index is 0. The van der Waals surface area contributed by atoms with Gasteiger partial charge in [-0.25, -0.2) is 14.4 Å². The van der Waals surface area contributed by atoms with Gasteiger partial charge in [0.2, 0.25) is 5.88 Å². The zero-order valence-electron chi connectivity index (χ0n) is 23.2. The Balaban J connectivity index is 0.00000205. The Morgan fingerprint density at radius 1 is 1.02 bits per heavy atom. The highest BCUT2D eigenvalue weighted by Gasteiger charge is 2.47. The van der Waals surface area contributed by atoms with Crippen molar-refractivity contribution >= 4 is 42.9 Å². The molecule has 0 unspecified atom stereocenters. The Morgan fingerprint density at radius 2 is 1.71 bits per heavy atom. The molecule has 8 nitrogen and oxygen atoms in total. The van der Waals surface area contributed by atoms with Crippen LogP contribution in [-0.4, -0.2) is 53.0 Å². The minimum atomic E-state index is -4.62. The fourth-order valence-electron chi connectivity index (χ4n) is 5.22. The van der Waals surface area contributed by atoms with E-state index in [0.717, 1.165) is 6.07 Å². The highest BCUT2D eigenvalue weighted by Crippen LogP contribution is 2.37. The number of aryl methyl sites for hydroxylation is 1. The van der Waals surface area contributed by atoms with Crippen molar-refractivity contribution in [2.45, 2.75) is 70.6 Å². The molecular formula is C27H31Cl3F4N6O2. The molecule has 0 spiro atoms. The number of fused-ring (bicyclic) bond motifs is 1. The van der Waals surface area contributed by atoms with Crippen molar-refractivity contribution in [1.82, 2.24) is 29.9 Å². The van der Waals surface area contributed by atoms with Gasteiger partial charge < -0.3 is 19.6 Å². The third-order valence-electron chi connectivity index (χ3n) is 6.72. The lowest BCUT2D eigenvalue weighted by molar-refractivity contribution is -0.136. The molecule has 1 saturated heterocycles. The molecular weight excluding hydrogens is 623 g/mol. The van der Waals surface area contributed by atoms with E-state index in [0.29, 0.717) is 12.1 Å². The number of aromatic hydroxyl groups is 1. The molecule has 1 aliphatic rings. The first-order valence-corrected chi connectivity index (χ1v) is 12.3. The molecule has 42 heavy (non-hydrogen) atoms. The summed E-state index contributed by atoms with van der Waals surface area (Å²) in [7, 11) is 0. The van der Waals surface area contributed by atoms with E-state index in [9.17, 15) is 18.3 Å². The number of hydrogen-bond acceptors (Lipinski definition) is 7. The Morgan fingerprint density at radius 3 is 2.31 bits per heavy atom. The first kappa shape index (κ1) is 35.3. The van der Waals surface area contributed by atoms with Crippen molar-refractivity contribution in [3.05, 3.63) is 54.1 Å². The average molecular weight is 654 g/mol. The highest BCUT2D eigenvalue weighted by molar-refractivity contribution is 5.86. The number of ether oxygens (including phenoxy) is 1. The van der Waals surface area contributed by atoms with Gasteiger partial charge in [-0.15, -0.1) is 47.4 Å². The van der Waals surface area contributed by atoms with E-state index in [1.165, 1.54) is 41.2 Å². The summed E-state index contributed by atoms with van der Waals surface area (Å²) in [6.07, 6.45) is -1.88. The molecule has 4 aromatic heterocycles. The van der Waals surface area contributed by atoms with Crippen molar-refractivity contribution < 1.29 is 27.4 Å². The summed E-state index contributed by atoms with van der Waals surface area (Å²) in [4.78, 5) is 8.21. The van der Waals surface area contributed by atoms with Crippen LogP contribution in [0.25, 0.3) is 28.2 Å². The first-order chi connectivity index (χ1) is 18.1. The SMILES string of the molecule is Cc1cn2cc(-c3cnc(-c4ccc(O[C@H]5CC(C)(C)NC(C)(C)[C@H]5F)nn4)c(O)c3)cc(C(F)(F)F)c2n1.Cl.Cl.Cl. The van der Waals surface area contributed by atoms with E-state index in [4.69, 9.17) is 4.74 Å². The first-order valence-electron chi connectivity index (χ1n) is 12.3. The fourth-order valence-corrected chi connectivity index (χ4v) is 5.22. The summed E-state index contributed by atoms with van der Waals surface area (Å²) in [6.45, 7) is 9.11. The molecule has 0 aliphatic carbocycles. The Labute approximate surface area is 258 Å². The minimum Gasteiger partial charge on any atom is -0.506 e. The lowest BCUT2D eigenvalue weighted by atomic mass is 9.79. The number of nitrogens with zero attached hydrogens (tertiary/aromatic N) is 5. The van der Waals surface area contributed by atoms with Crippen molar-refractivity contribution in [3.63, 3.8) is 0 Å². The van der Waals surface area contributed by atoms with Crippen LogP contribution < -0.4 is 10.1 Å². The molecule has 0 amide bonds. The van der Waals surface area contributed by atoms with Crippen LogP contribution in [0.2, 0.25) is 0 Å². The average Bonchev–Trinajstić information content (AvgIpc) is 3.20. The topological polar surface area (TPSA) is 97.5 Å². The second-order valence-corrected chi connectivity index (χ2v) is 11.1. The van der Waals surface area contributed by atoms with Crippen molar-refractivity contribution in [1.29, 1.82) is 0 Å². The Bertz CT molecular complexity index is 1550. The maximum atomic E-state index is 15.1. The van der Waals surface area contributed by atoms with Crippen LogP contribution in [0.4, 0.5) is 17.6 Å². The van der Waals surface area contributed by atoms with Gasteiger partial charge in [0.1, 0.15) is 28.9 Å². The molecule has 5 rings (SSSR count). The Kier molecular flexibility index (Phi) is 10.4. The number of imidazole rings is 1. The number of rotatable bonds is 4. The quantitative estimate of drug-likeness (QED) is 0.234. The van der Waals surface area contributed by atoms with Gasteiger partial charge in [0, 0.05) is 53.3 Å². The summed E-state index contributed by atoms with van der Waals surface area (Å²) in [5, 5.41) is 22.1. The predicted molar refractivity (Wildman–Crippen MR) is 158 cm³/mol. The summed E-state index contributed by atoms with van der Waals surface area (Å²) < 4.78 is 63.3. The van der Waals surface area contributed by atoms with Crippen molar-refractivity contribution in [2.24, 2.45) is 0 Å². The normalized spacial score (nSPS) is 19.3. The van der Waals surface area contributed by atoms with E-state index < -0.39 is 29.6 Å². The van der Waals surface area contributed by atoms with E-state index >= 15 is 4.39 Å². The molecule has 230 valence electrons. The lowest BCUT2D eigenvalue weighted by Crippen LogP contribution is -2.66. The van der Waals surface area contributed by atoms with Gasteiger partial charge in [-0.05, 0) is 52.8 Å². The fraction of sp³-hybridized carbons (Fsp3) is 0.407. The maximum absolute atomic E-state index is 15.1. The molecule has 0 radical (unpaired) electrons. The van der Waals surface area contributed by atoms with Crippen LogP contribution in [0.3, 0.4) is 0 Å². The number of nitrogens with one attached hydrogen (secondary N) is 1. The van der Waals surface area contributed by atoms with E-state index in [1.807, 2.05) is 13.8 Å². The number of halogens is 7. The number of aromatic nitrogens is 5. The second kappa shape index (κ2) is 12.4. The van der Waals surface area contributed by atoms with Crippen LogP contribution in [0, 0.1) is 6.92 Å². The van der Waals surface area contributed by atoms with Crippen LogP contribution in [0.1, 0.15) is 45.4 Å². The lowest BCUT2D eigenvalue weighted by Gasteiger charge is -2.48. The number of pyridine rings is 2.